The SMILES string of the molecule is CCN(CC)CCN(C(=O)c1ccc(S(=O)(=O)N(CC)c2ccccc2)cc1)c1nc2c(F)cccc2s1. The molecule has 0 radical (unpaired) electrons. The number of anilines is 2. The minimum absolute atomic E-state index is 0.0940. The first kappa shape index (κ1) is 27.7. The second-order valence-corrected chi connectivity index (χ2v) is 11.5. The lowest BCUT2D eigenvalue weighted by Crippen LogP contribution is -2.39. The number of hydrogen-bond acceptors (Lipinski definition) is 6. The molecule has 0 aliphatic rings. The maximum absolute atomic E-state index is 14.4. The van der Waals surface area contributed by atoms with Crippen LogP contribution in [-0.2, 0) is 10.0 Å². The highest BCUT2D eigenvalue weighted by Crippen LogP contribution is 2.31. The van der Waals surface area contributed by atoms with Crippen LogP contribution in [0, 0.1) is 5.82 Å². The molecule has 4 aromatic rings. The highest BCUT2D eigenvalue weighted by atomic mass is 32.2. The minimum atomic E-state index is -3.82. The van der Waals surface area contributed by atoms with Gasteiger partial charge in [-0.2, -0.15) is 0 Å². The first-order valence-electron chi connectivity index (χ1n) is 12.6. The third-order valence-corrected chi connectivity index (χ3v) is 9.35. The number of likely N-dealkylation sites (N-methyl/N-ethyl adjacent to an activating group) is 1. The van der Waals surface area contributed by atoms with Crippen LogP contribution < -0.4 is 9.21 Å². The molecule has 200 valence electrons. The topological polar surface area (TPSA) is 73.8 Å². The summed E-state index contributed by atoms with van der Waals surface area (Å²) in [5.74, 6) is -0.759. The van der Waals surface area contributed by atoms with Crippen LogP contribution >= 0.6 is 11.3 Å². The van der Waals surface area contributed by atoms with Crippen LogP contribution in [0.2, 0.25) is 0 Å². The van der Waals surface area contributed by atoms with E-state index in [0.717, 1.165) is 13.1 Å². The van der Waals surface area contributed by atoms with Crippen molar-refractivity contribution in [1.82, 2.24) is 9.88 Å². The Morgan fingerprint density at radius 1 is 0.868 bits per heavy atom. The van der Waals surface area contributed by atoms with E-state index in [1.54, 1.807) is 48.2 Å². The van der Waals surface area contributed by atoms with Crippen LogP contribution in [0.15, 0.2) is 77.7 Å². The smallest absolute Gasteiger partial charge is 0.264 e. The average Bonchev–Trinajstić information content (AvgIpc) is 3.37. The highest BCUT2D eigenvalue weighted by Gasteiger charge is 2.26. The van der Waals surface area contributed by atoms with E-state index in [2.05, 4.69) is 23.7 Å². The molecule has 3 aromatic carbocycles. The maximum Gasteiger partial charge on any atom is 0.264 e. The van der Waals surface area contributed by atoms with E-state index >= 15 is 0 Å². The van der Waals surface area contributed by atoms with Gasteiger partial charge in [-0.1, -0.05) is 49.4 Å². The predicted molar refractivity (Wildman–Crippen MR) is 152 cm³/mol. The number of amides is 1. The number of halogens is 1. The van der Waals surface area contributed by atoms with E-state index in [9.17, 15) is 17.6 Å². The number of rotatable bonds is 11. The minimum Gasteiger partial charge on any atom is -0.302 e. The quantitative estimate of drug-likeness (QED) is 0.240. The zero-order valence-corrected chi connectivity index (χ0v) is 23.3. The van der Waals surface area contributed by atoms with E-state index in [1.807, 2.05) is 6.07 Å². The van der Waals surface area contributed by atoms with Crippen LogP contribution in [0.1, 0.15) is 31.1 Å². The summed E-state index contributed by atoms with van der Waals surface area (Å²) in [7, 11) is -3.82. The number of aromatic nitrogens is 1. The van der Waals surface area contributed by atoms with Gasteiger partial charge in [0.25, 0.3) is 15.9 Å². The van der Waals surface area contributed by atoms with Crippen molar-refractivity contribution < 1.29 is 17.6 Å². The third kappa shape index (κ3) is 5.72. The summed E-state index contributed by atoms with van der Waals surface area (Å²) < 4.78 is 43.1. The summed E-state index contributed by atoms with van der Waals surface area (Å²) >= 11 is 1.25. The number of carbonyl (C=O) groups excluding carboxylic acids is 1. The second kappa shape index (κ2) is 12.0. The molecule has 1 amide bonds. The van der Waals surface area contributed by atoms with Crippen molar-refractivity contribution in [2.75, 3.05) is 41.9 Å². The van der Waals surface area contributed by atoms with E-state index in [0.29, 0.717) is 34.2 Å². The summed E-state index contributed by atoms with van der Waals surface area (Å²) in [4.78, 5) is 22.0. The summed E-state index contributed by atoms with van der Waals surface area (Å²) in [5.41, 5.74) is 1.13. The molecule has 0 unspecified atom stereocenters. The standard InChI is InChI=1S/C28H31FN4O3S2/c1-4-31(5-2)19-20-32(28-30-26-24(29)13-10-14-25(26)37-28)27(34)21-15-17-23(18-16-21)38(35,36)33(6-3)22-11-8-7-9-12-22/h7-18H,4-6,19-20H2,1-3H3. The Hall–Kier alpha value is -3.34. The molecule has 4 rings (SSSR count). The Morgan fingerprint density at radius 3 is 2.16 bits per heavy atom. The molecule has 0 N–H and O–H groups in total. The number of sulfonamides is 1. The lowest BCUT2D eigenvalue weighted by molar-refractivity contribution is 0.0983. The van der Waals surface area contributed by atoms with Crippen molar-refractivity contribution in [3.8, 4) is 0 Å². The van der Waals surface area contributed by atoms with E-state index in [-0.39, 0.29) is 22.9 Å². The zero-order chi connectivity index (χ0) is 27.3. The number of thiazole rings is 1. The molecule has 0 saturated carbocycles. The van der Waals surface area contributed by atoms with E-state index < -0.39 is 15.8 Å². The first-order chi connectivity index (χ1) is 18.3. The van der Waals surface area contributed by atoms with Gasteiger partial charge in [0.05, 0.1) is 15.3 Å². The van der Waals surface area contributed by atoms with Crippen LogP contribution in [0.25, 0.3) is 10.2 Å². The van der Waals surface area contributed by atoms with Gasteiger partial charge in [0.1, 0.15) is 11.3 Å². The average molecular weight is 555 g/mol. The fraction of sp³-hybridized carbons (Fsp3) is 0.286. The molecule has 0 spiro atoms. The van der Waals surface area contributed by atoms with Gasteiger partial charge in [-0.3, -0.25) is 14.0 Å². The van der Waals surface area contributed by atoms with Gasteiger partial charge in [-0.25, -0.2) is 17.8 Å². The number of nitrogens with zero attached hydrogens (tertiary/aromatic N) is 4. The first-order valence-corrected chi connectivity index (χ1v) is 14.8. The fourth-order valence-electron chi connectivity index (χ4n) is 4.22. The van der Waals surface area contributed by atoms with Gasteiger partial charge in [0, 0.05) is 25.2 Å². The van der Waals surface area contributed by atoms with E-state index in [4.69, 9.17) is 0 Å². The molecule has 0 aliphatic carbocycles. The Kier molecular flexibility index (Phi) is 8.76. The molecular formula is C28H31FN4O3S2. The summed E-state index contributed by atoms with van der Waals surface area (Å²) in [6.07, 6.45) is 0. The van der Waals surface area contributed by atoms with Gasteiger partial charge in [-0.05, 0) is 68.5 Å². The molecule has 0 aliphatic heterocycles. The molecule has 38 heavy (non-hydrogen) atoms. The van der Waals surface area contributed by atoms with Gasteiger partial charge >= 0.3 is 0 Å². The Balaban J connectivity index is 1.65. The lowest BCUT2D eigenvalue weighted by Gasteiger charge is -2.25. The molecule has 7 nitrogen and oxygen atoms in total. The van der Waals surface area contributed by atoms with E-state index in [1.165, 1.54) is 46.0 Å². The van der Waals surface area contributed by atoms with Crippen molar-refractivity contribution in [2.45, 2.75) is 25.7 Å². The van der Waals surface area contributed by atoms with Crippen LogP contribution in [-0.4, -0.2) is 56.9 Å². The Bertz CT molecular complexity index is 1490. The Morgan fingerprint density at radius 2 is 1.55 bits per heavy atom. The molecule has 1 heterocycles. The van der Waals surface area contributed by atoms with Crippen molar-refractivity contribution in [3.63, 3.8) is 0 Å². The summed E-state index contributed by atoms with van der Waals surface area (Å²) in [6, 6.07) is 19.6. The van der Waals surface area contributed by atoms with Gasteiger partial charge in [0.15, 0.2) is 5.13 Å². The number of hydrogen-bond donors (Lipinski definition) is 0. The molecule has 0 fully saturated rings. The molecule has 0 atom stereocenters. The molecular weight excluding hydrogens is 523 g/mol. The normalized spacial score (nSPS) is 11.7. The third-order valence-electron chi connectivity index (χ3n) is 6.39. The second-order valence-electron chi connectivity index (χ2n) is 8.60. The molecule has 0 bridgehead atoms. The van der Waals surface area contributed by atoms with Crippen LogP contribution in [0.5, 0.6) is 0 Å². The van der Waals surface area contributed by atoms with Gasteiger partial charge in [-0.15, -0.1) is 0 Å². The van der Waals surface area contributed by atoms with Crippen molar-refractivity contribution >= 4 is 48.3 Å². The maximum atomic E-state index is 14.4. The van der Waals surface area contributed by atoms with Crippen LogP contribution in [0.4, 0.5) is 15.2 Å². The lowest BCUT2D eigenvalue weighted by atomic mass is 10.2. The zero-order valence-electron chi connectivity index (χ0n) is 21.7. The molecule has 1 aromatic heterocycles. The number of fused-ring (bicyclic) bond motifs is 1. The van der Waals surface area contributed by atoms with Crippen LogP contribution in [0.3, 0.4) is 0 Å². The predicted octanol–water partition coefficient (Wildman–Crippen LogP) is 5.64. The number of benzene rings is 3. The number of carbonyl (C=O) groups is 1. The van der Waals surface area contributed by atoms with Crippen molar-refractivity contribution in [1.29, 1.82) is 0 Å². The monoisotopic (exact) mass is 554 g/mol. The molecule has 0 saturated heterocycles. The molecule has 10 heteroatoms. The van der Waals surface area contributed by atoms with Gasteiger partial charge in [0.2, 0.25) is 0 Å². The largest absolute Gasteiger partial charge is 0.302 e. The van der Waals surface area contributed by atoms with Crippen molar-refractivity contribution in [3.05, 3.63) is 84.2 Å². The fourth-order valence-corrected chi connectivity index (χ4v) is 6.70. The summed E-state index contributed by atoms with van der Waals surface area (Å²) in [6.45, 7) is 8.78. The Labute approximate surface area is 227 Å². The van der Waals surface area contributed by atoms with Gasteiger partial charge < -0.3 is 4.90 Å². The van der Waals surface area contributed by atoms with Crippen molar-refractivity contribution in [2.24, 2.45) is 0 Å². The summed E-state index contributed by atoms with van der Waals surface area (Å²) in [5, 5.41) is 0.403. The highest BCUT2D eigenvalue weighted by molar-refractivity contribution is 7.92. The number of para-hydroxylation sites is 2.